The van der Waals surface area contributed by atoms with E-state index in [1.54, 1.807) is 0 Å². The Morgan fingerprint density at radius 1 is 1.37 bits per heavy atom. The summed E-state index contributed by atoms with van der Waals surface area (Å²) < 4.78 is 5.01. The number of ether oxygens (including phenoxy) is 1. The van der Waals surface area contributed by atoms with Crippen molar-refractivity contribution in [3.05, 3.63) is 54.0 Å². The van der Waals surface area contributed by atoms with Gasteiger partial charge in [-0.3, -0.25) is 5.32 Å². The first-order valence-corrected chi connectivity index (χ1v) is 5.47. The predicted octanol–water partition coefficient (Wildman–Crippen LogP) is 2.10. The Kier molecular flexibility index (Phi) is 4.03. The molecule has 0 saturated heterocycles. The Labute approximate surface area is 109 Å². The fraction of sp³-hybridized carbons (Fsp3) is 0.0769. The summed E-state index contributed by atoms with van der Waals surface area (Å²) in [5.74, 6) is 0.135. The van der Waals surface area contributed by atoms with Crippen LogP contribution in [0.15, 0.2) is 42.9 Å². The Hall–Kier alpha value is -2.94. The van der Waals surface area contributed by atoms with Crippen molar-refractivity contribution in [2.24, 2.45) is 0 Å². The molecule has 1 heterocycles. The lowest BCUT2D eigenvalue weighted by Gasteiger charge is -2.06. The number of amides is 1. The maximum Gasteiger partial charge on any atom is 0.413 e. The number of hydrogen-bond acceptors (Lipinski definition) is 5. The maximum absolute atomic E-state index is 11.6. The SMILES string of the molecule is N#Cc1cncnc1NC(=O)OCc1ccccc1. The third-order valence-corrected chi connectivity index (χ3v) is 2.27. The van der Waals surface area contributed by atoms with Gasteiger partial charge in [-0.25, -0.2) is 14.8 Å². The zero-order valence-corrected chi connectivity index (χ0v) is 9.91. The van der Waals surface area contributed by atoms with Gasteiger partial charge in [-0.15, -0.1) is 0 Å². The standard InChI is InChI=1S/C13H10N4O2/c14-6-11-7-15-9-16-12(11)17-13(18)19-8-10-4-2-1-3-5-10/h1-5,7,9H,8H2,(H,15,16,17,18). The number of benzene rings is 1. The second-order valence-electron chi connectivity index (χ2n) is 3.58. The fourth-order valence-corrected chi connectivity index (χ4v) is 1.37. The van der Waals surface area contributed by atoms with Crippen LogP contribution in [-0.4, -0.2) is 16.1 Å². The zero-order valence-electron chi connectivity index (χ0n) is 9.91. The minimum Gasteiger partial charge on any atom is -0.444 e. The van der Waals surface area contributed by atoms with E-state index in [9.17, 15) is 4.79 Å². The van der Waals surface area contributed by atoms with E-state index in [0.717, 1.165) is 5.56 Å². The molecule has 0 aliphatic rings. The number of rotatable bonds is 3. The lowest BCUT2D eigenvalue weighted by molar-refractivity contribution is 0.155. The highest BCUT2D eigenvalue weighted by molar-refractivity contribution is 5.84. The van der Waals surface area contributed by atoms with E-state index in [2.05, 4.69) is 15.3 Å². The van der Waals surface area contributed by atoms with E-state index in [4.69, 9.17) is 10.00 Å². The van der Waals surface area contributed by atoms with Crippen LogP contribution in [-0.2, 0) is 11.3 Å². The number of anilines is 1. The molecule has 0 bridgehead atoms. The van der Waals surface area contributed by atoms with Crippen LogP contribution in [0.5, 0.6) is 0 Å². The lowest BCUT2D eigenvalue weighted by Crippen LogP contribution is -2.15. The van der Waals surface area contributed by atoms with Crippen molar-refractivity contribution in [1.82, 2.24) is 9.97 Å². The average molecular weight is 254 g/mol. The third-order valence-electron chi connectivity index (χ3n) is 2.27. The van der Waals surface area contributed by atoms with Crippen molar-refractivity contribution in [2.75, 3.05) is 5.32 Å². The molecule has 0 saturated carbocycles. The molecule has 19 heavy (non-hydrogen) atoms. The number of carbonyl (C=O) groups excluding carboxylic acids is 1. The fourth-order valence-electron chi connectivity index (χ4n) is 1.37. The van der Waals surface area contributed by atoms with E-state index >= 15 is 0 Å². The van der Waals surface area contributed by atoms with E-state index in [1.807, 2.05) is 36.4 Å². The van der Waals surface area contributed by atoms with Crippen molar-refractivity contribution >= 4 is 11.9 Å². The summed E-state index contributed by atoms with van der Waals surface area (Å²) >= 11 is 0. The number of nitrogens with one attached hydrogen (secondary N) is 1. The van der Waals surface area contributed by atoms with E-state index in [0.29, 0.717) is 0 Å². The smallest absolute Gasteiger partial charge is 0.413 e. The first-order chi connectivity index (χ1) is 9.29. The molecule has 0 radical (unpaired) electrons. The first kappa shape index (κ1) is 12.5. The van der Waals surface area contributed by atoms with Gasteiger partial charge in [0.25, 0.3) is 0 Å². The molecule has 1 amide bonds. The van der Waals surface area contributed by atoms with Crippen LogP contribution in [0, 0.1) is 11.3 Å². The molecule has 2 aromatic rings. The van der Waals surface area contributed by atoms with Crippen molar-refractivity contribution < 1.29 is 9.53 Å². The summed E-state index contributed by atoms with van der Waals surface area (Å²) in [6, 6.07) is 11.2. The van der Waals surface area contributed by atoms with Crippen LogP contribution in [0.4, 0.5) is 10.6 Å². The van der Waals surface area contributed by atoms with Gasteiger partial charge in [0.1, 0.15) is 24.6 Å². The second kappa shape index (κ2) is 6.12. The van der Waals surface area contributed by atoms with Crippen LogP contribution >= 0.6 is 0 Å². The van der Waals surface area contributed by atoms with Gasteiger partial charge in [0, 0.05) is 0 Å². The minimum atomic E-state index is -0.668. The minimum absolute atomic E-state index is 0.135. The van der Waals surface area contributed by atoms with Crippen molar-refractivity contribution in [3.63, 3.8) is 0 Å². The number of aromatic nitrogens is 2. The number of nitrogens with zero attached hydrogens (tertiary/aromatic N) is 3. The Bertz CT molecular complexity index is 608. The Morgan fingerprint density at radius 3 is 2.89 bits per heavy atom. The largest absolute Gasteiger partial charge is 0.444 e. The lowest BCUT2D eigenvalue weighted by atomic mass is 10.2. The van der Waals surface area contributed by atoms with Gasteiger partial charge in [0.15, 0.2) is 5.82 Å². The summed E-state index contributed by atoms with van der Waals surface area (Å²) in [7, 11) is 0. The summed E-state index contributed by atoms with van der Waals surface area (Å²) in [5.41, 5.74) is 1.06. The molecule has 94 valence electrons. The molecule has 0 fully saturated rings. The highest BCUT2D eigenvalue weighted by Crippen LogP contribution is 2.09. The molecule has 0 aliphatic carbocycles. The van der Waals surface area contributed by atoms with Gasteiger partial charge in [-0.1, -0.05) is 30.3 Å². The highest BCUT2D eigenvalue weighted by Gasteiger charge is 2.08. The van der Waals surface area contributed by atoms with Crippen LogP contribution in [0.1, 0.15) is 11.1 Å². The quantitative estimate of drug-likeness (QED) is 0.906. The molecule has 0 spiro atoms. The Morgan fingerprint density at radius 2 is 2.16 bits per heavy atom. The van der Waals surface area contributed by atoms with Crippen LogP contribution in [0.25, 0.3) is 0 Å². The zero-order chi connectivity index (χ0) is 13.5. The van der Waals surface area contributed by atoms with Crippen LogP contribution < -0.4 is 5.32 Å². The number of nitriles is 1. The first-order valence-electron chi connectivity index (χ1n) is 5.47. The molecule has 6 nitrogen and oxygen atoms in total. The van der Waals surface area contributed by atoms with E-state index in [-0.39, 0.29) is 18.0 Å². The van der Waals surface area contributed by atoms with Gasteiger partial charge in [0.05, 0.1) is 6.20 Å². The molecule has 1 N–H and O–H groups in total. The van der Waals surface area contributed by atoms with Crippen LogP contribution in [0.3, 0.4) is 0 Å². The molecule has 2 rings (SSSR count). The third kappa shape index (κ3) is 3.51. The molecular formula is C13H10N4O2. The van der Waals surface area contributed by atoms with E-state index < -0.39 is 6.09 Å². The van der Waals surface area contributed by atoms with Gasteiger partial charge in [-0.05, 0) is 5.56 Å². The highest BCUT2D eigenvalue weighted by atomic mass is 16.5. The topological polar surface area (TPSA) is 87.9 Å². The van der Waals surface area contributed by atoms with Gasteiger partial charge < -0.3 is 4.74 Å². The number of hydrogen-bond donors (Lipinski definition) is 1. The molecule has 0 atom stereocenters. The van der Waals surface area contributed by atoms with Gasteiger partial charge in [-0.2, -0.15) is 5.26 Å². The molecule has 1 aromatic carbocycles. The van der Waals surface area contributed by atoms with Crippen molar-refractivity contribution in [2.45, 2.75) is 6.61 Å². The summed E-state index contributed by atoms with van der Waals surface area (Å²) in [6.07, 6.45) is 1.90. The van der Waals surface area contributed by atoms with Crippen LogP contribution in [0.2, 0.25) is 0 Å². The van der Waals surface area contributed by atoms with E-state index in [1.165, 1.54) is 12.5 Å². The van der Waals surface area contributed by atoms with Crippen molar-refractivity contribution in [1.29, 1.82) is 5.26 Å². The molecular weight excluding hydrogens is 244 g/mol. The maximum atomic E-state index is 11.6. The summed E-state index contributed by atoms with van der Waals surface area (Å²) in [5, 5.41) is 11.2. The molecule has 1 aromatic heterocycles. The normalized spacial score (nSPS) is 9.42. The van der Waals surface area contributed by atoms with Gasteiger partial charge in [0.2, 0.25) is 0 Å². The molecule has 0 unspecified atom stereocenters. The predicted molar refractivity (Wildman–Crippen MR) is 67.0 cm³/mol. The molecule has 0 aliphatic heterocycles. The van der Waals surface area contributed by atoms with Gasteiger partial charge >= 0.3 is 6.09 Å². The average Bonchev–Trinajstić information content (AvgIpc) is 2.47. The second-order valence-corrected chi connectivity index (χ2v) is 3.58. The monoisotopic (exact) mass is 254 g/mol. The summed E-state index contributed by atoms with van der Waals surface area (Å²) in [4.78, 5) is 19.0. The van der Waals surface area contributed by atoms with Crippen molar-refractivity contribution in [3.8, 4) is 6.07 Å². The molecule has 6 heteroatoms. The Balaban J connectivity index is 1.93. The summed E-state index contributed by atoms with van der Waals surface area (Å²) in [6.45, 7) is 0.152. The number of carbonyl (C=O) groups is 1.